The van der Waals surface area contributed by atoms with Gasteiger partial charge in [0.25, 0.3) is 0 Å². The summed E-state index contributed by atoms with van der Waals surface area (Å²) in [4.78, 5) is 7.06. The molecule has 3 nitrogen and oxygen atoms in total. The molecule has 2 aliphatic rings. The fourth-order valence-corrected chi connectivity index (χ4v) is 5.77. The minimum atomic E-state index is 0.774. The van der Waals surface area contributed by atoms with E-state index >= 15 is 0 Å². The number of nitrogens with zero attached hydrogens (tertiary/aromatic N) is 3. The first kappa shape index (κ1) is 25.6. The molecule has 6 rings (SSSR count). The van der Waals surface area contributed by atoms with E-state index in [4.69, 9.17) is 0 Å². The van der Waals surface area contributed by atoms with Crippen molar-refractivity contribution in [2.75, 3.05) is 0 Å². The van der Waals surface area contributed by atoms with E-state index in [0.717, 1.165) is 28.2 Å². The van der Waals surface area contributed by atoms with Gasteiger partial charge in [-0.1, -0.05) is 85.0 Å². The van der Waals surface area contributed by atoms with Crippen molar-refractivity contribution in [3.8, 4) is 11.3 Å². The van der Waals surface area contributed by atoms with Crippen LogP contribution in [-0.4, -0.2) is 15.2 Å². The van der Waals surface area contributed by atoms with Crippen LogP contribution in [-0.2, 0) is 0 Å². The van der Waals surface area contributed by atoms with Crippen molar-refractivity contribution in [1.82, 2.24) is 15.2 Å². The highest BCUT2D eigenvalue weighted by atomic mass is 32.1. The highest BCUT2D eigenvalue weighted by Crippen LogP contribution is 2.27. The molecule has 0 amide bonds. The van der Waals surface area contributed by atoms with E-state index in [1.165, 1.54) is 26.4 Å². The van der Waals surface area contributed by atoms with Gasteiger partial charge in [-0.2, -0.15) is 0 Å². The Kier molecular flexibility index (Phi) is 7.94. The van der Waals surface area contributed by atoms with Crippen LogP contribution in [0.3, 0.4) is 0 Å². The summed E-state index contributed by atoms with van der Waals surface area (Å²) in [5, 5.41) is 13.0. The molecule has 0 saturated carbocycles. The summed E-state index contributed by atoms with van der Waals surface area (Å²) in [7, 11) is 0. The zero-order chi connectivity index (χ0) is 27.0. The number of thiophene rings is 2. The Morgan fingerprint density at radius 2 is 1.10 bits per heavy atom. The molecule has 0 saturated heterocycles. The molecule has 2 aliphatic heterocycles. The summed E-state index contributed by atoms with van der Waals surface area (Å²) in [5.41, 5.74) is 8.14. The molecule has 2 aromatic carbocycles. The first-order valence-corrected chi connectivity index (χ1v) is 14.7. The predicted molar refractivity (Wildman–Crippen MR) is 174 cm³/mol. The average molecular weight is 552 g/mol. The Hall–Kier alpha value is -4.71. The van der Waals surface area contributed by atoms with Crippen LogP contribution in [0.5, 0.6) is 0 Å². The van der Waals surface area contributed by atoms with Crippen molar-refractivity contribution in [3.05, 3.63) is 145 Å². The van der Waals surface area contributed by atoms with Crippen LogP contribution in [0.25, 0.3) is 59.9 Å². The fourth-order valence-electron chi connectivity index (χ4n) is 4.21. The molecule has 0 radical (unpaired) electrons. The Bertz CT molecular complexity index is 1790. The first-order valence-electron chi connectivity index (χ1n) is 12.9. The molecule has 192 valence electrons. The van der Waals surface area contributed by atoms with Gasteiger partial charge in [0.15, 0.2) is 0 Å². The van der Waals surface area contributed by atoms with Gasteiger partial charge in [-0.05, 0) is 81.6 Å². The van der Waals surface area contributed by atoms with E-state index in [2.05, 4.69) is 117 Å². The van der Waals surface area contributed by atoms with Gasteiger partial charge in [0.05, 0.1) is 17.6 Å². The lowest BCUT2D eigenvalue weighted by Gasteiger charge is -1.94. The fraction of sp³-hybridized carbons (Fsp3) is 0. The van der Waals surface area contributed by atoms with E-state index in [1.54, 1.807) is 28.9 Å². The molecule has 0 atom stereocenters. The molecule has 0 fully saturated rings. The van der Waals surface area contributed by atoms with Gasteiger partial charge in [0.2, 0.25) is 0 Å². The maximum Gasteiger partial charge on any atom is 0.113 e. The summed E-state index contributed by atoms with van der Waals surface area (Å²) in [6.45, 7) is 0. The minimum absolute atomic E-state index is 0.774. The topological polar surface area (TPSA) is 38.7 Å². The highest BCUT2D eigenvalue weighted by Gasteiger charge is 2.10. The molecule has 4 heterocycles. The van der Waals surface area contributed by atoms with E-state index in [9.17, 15) is 0 Å². The van der Waals surface area contributed by atoms with Crippen LogP contribution < -0.4 is 0 Å². The number of rotatable bonds is 8. The van der Waals surface area contributed by atoms with Gasteiger partial charge in [-0.15, -0.1) is 32.9 Å². The quantitative estimate of drug-likeness (QED) is 0.189. The molecule has 0 N–H and O–H groups in total. The summed E-state index contributed by atoms with van der Waals surface area (Å²) in [6.07, 6.45) is 18.7. The third kappa shape index (κ3) is 6.29. The van der Waals surface area contributed by atoms with Gasteiger partial charge in [0, 0.05) is 15.3 Å². The van der Waals surface area contributed by atoms with E-state index < -0.39 is 0 Å². The monoisotopic (exact) mass is 551 g/mol. The molecular formula is C35H25N3S2. The molecule has 0 bridgehead atoms. The lowest BCUT2D eigenvalue weighted by atomic mass is 10.1. The number of benzene rings is 2. The van der Waals surface area contributed by atoms with Crippen LogP contribution in [0.1, 0.15) is 43.4 Å². The van der Waals surface area contributed by atoms with Crippen molar-refractivity contribution in [1.29, 1.82) is 0 Å². The second kappa shape index (κ2) is 12.4. The highest BCUT2D eigenvalue weighted by molar-refractivity contribution is 7.11. The molecule has 0 aliphatic carbocycles. The zero-order valence-electron chi connectivity index (χ0n) is 21.6. The van der Waals surface area contributed by atoms with Gasteiger partial charge in [-0.3, -0.25) is 4.98 Å². The molecule has 0 unspecified atom stereocenters. The smallest absolute Gasteiger partial charge is 0.113 e. The summed E-state index contributed by atoms with van der Waals surface area (Å²) >= 11 is 3.45. The molecule has 40 heavy (non-hydrogen) atoms. The Morgan fingerprint density at radius 3 is 1.73 bits per heavy atom. The maximum atomic E-state index is 4.65. The Labute approximate surface area is 242 Å². The molecular weight excluding hydrogens is 527 g/mol. The Morgan fingerprint density at radius 1 is 0.500 bits per heavy atom. The lowest BCUT2D eigenvalue weighted by Crippen LogP contribution is -1.76. The first-order chi connectivity index (χ1) is 19.8. The van der Waals surface area contributed by atoms with Crippen LogP contribution in [0, 0.1) is 0 Å². The summed E-state index contributed by atoms with van der Waals surface area (Å²) in [6, 6.07) is 29.0. The molecule has 4 aromatic rings. The van der Waals surface area contributed by atoms with E-state index in [1.807, 2.05) is 42.5 Å². The van der Waals surface area contributed by atoms with Gasteiger partial charge >= 0.3 is 0 Å². The van der Waals surface area contributed by atoms with Crippen molar-refractivity contribution in [3.63, 3.8) is 0 Å². The number of hydrogen-bond acceptors (Lipinski definition) is 5. The largest absolute Gasteiger partial charge is 0.255 e. The van der Waals surface area contributed by atoms with E-state index in [-0.39, 0.29) is 0 Å². The van der Waals surface area contributed by atoms with Gasteiger partial charge < -0.3 is 0 Å². The minimum Gasteiger partial charge on any atom is -0.255 e. The third-order valence-electron chi connectivity index (χ3n) is 6.34. The van der Waals surface area contributed by atoms with Crippen LogP contribution in [0.2, 0.25) is 0 Å². The summed E-state index contributed by atoms with van der Waals surface area (Å²) < 4.78 is 0. The van der Waals surface area contributed by atoms with Crippen LogP contribution in [0.15, 0.2) is 102 Å². The molecule has 2 aromatic heterocycles. The average Bonchev–Trinajstić information content (AvgIpc) is 3.71. The van der Waals surface area contributed by atoms with Gasteiger partial charge in [0.1, 0.15) is 5.69 Å². The molecule has 5 heteroatoms. The maximum absolute atomic E-state index is 4.65. The molecule has 0 spiro atoms. The van der Waals surface area contributed by atoms with Crippen LogP contribution >= 0.6 is 22.7 Å². The normalized spacial score (nSPS) is 12.1. The van der Waals surface area contributed by atoms with Crippen molar-refractivity contribution < 1.29 is 0 Å². The number of fused-ring (bicyclic) bond motifs is 1. The number of aromatic nitrogens is 3. The second-order valence-corrected chi connectivity index (χ2v) is 10.9. The van der Waals surface area contributed by atoms with Gasteiger partial charge in [-0.25, -0.2) is 0 Å². The SMILES string of the molecule is C(=C\c1sccc1/C=C/c1ccc2c(/C=C/c3ccsc3/C=C/c3ccccc3)nnc-2cn1)/c1ccccc1. The van der Waals surface area contributed by atoms with Crippen molar-refractivity contribution in [2.24, 2.45) is 0 Å². The van der Waals surface area contributed by atoms with E-state index in [0.29, 0.717) is 0 Å². The Balaban J connectivity index is 1.19. The van der Waals surface area contributed by atoms with Crippen molar-refractivity contribution in [2.45, 2.75) is 0 Å². The third-order valence-corrected chi connectivity index (χ3v) is 8.13. The predicted octanol–water partition coefficient (Wildman–Crippen LogP) is 9.78. The van der Waals surface area contributed by atoms with Crippen molar-refractivity contribution >= 4 is 71.3 Å². The zero-order valence-corrected chi connectivity index (χ0v) is 23.2. The lowest BCUT2D eigenvalue weighted by molar-refractivity contribution is 1.08. The van der Waals surface area contributed by atoms with Crippen LogP contribution in [0.4, 0.5) is 0 Å². The standard InChI is InChI=1S/C35H25N3S2/c1-3-7-26(8-4-1)11-19-34-28(21-23-39-34)13-15-30-16-17-31-32(37-38-33(31)25-36-30)18-14-29-22-24-40-35(29)20-12-27-9-5-2-6-10-27/h1-25H/b15-13+,18-14+,19-11+,20-12+. The number of hydrogen-bond donors (Lipinski definition) is 0. The second-order valence-electron chi connectivity index (χ2n) is 9.04. The summed E-state index contributed by atoms with van der Waals surface area (Å²) in [5.74, 6) is 0.